The highest BCUT2D eigenvalue weighted by Gasteiger charge is 2.05. The average molecular weight is 513 g/mol. The number of nitrogens with zero attached hydrogens (tertiary/aromatic N) is 1. The van der Waals surface area contributed by atoms with Crippen LogP contribution in [0.4, 0.5) is 0 Å². The number of amides is 2. The van der Waals surface area contributed by atoms with Crippen molar-refractivity contribution < 1.29 is 14.0 Å². The van der Waals surface area contributed by atoms with E-state index in [9.17, 15) is 9.59 Å². The van der Waals surface area contributed by atoms with Gasteiger partial charge in [-0.3, -0.25) is 9.59 Å². The minimum atomic E-state index is -0.188. The van der Waals surface area contributed by atoms with E-state index >= 15 is 0 Å². The summed E-state index contributed by atoms with van der Waals surface area (Å²) in [5.74, 6) is 0.969. The van der Waals surface area contributed by atoms with E-state index in [0.717, 1.165) is 12.0 Å². The van der Waals surface area contributed by atoms with Crippen LogP contribution in [0.1, 0.15) is 28.6 Å². The topological polar surface area (TPSA) is 108 Å². The molecule has 1 heterocycles. The molecule has 8 nitrogen and oxygen atoms in total. The SMILES string of the molecule is CCNC(=NCC(=O)NCc1ccco1)NCCc1cccc(C(=O)NC)c1.I. The van der Waals surface area contributed by atoms with Crippen LogP contribution in [0.15, 0.2) is 52.1 Å². The van der Waals surface area contributed by atoms with E-state index in [0.29, 0.717) is 36.9 Å². The number of benzene rings is 1. The predicted molar refractivity (Wildman–Crippen MR) is 123 cm³/mol. The lowest BCUT2D eigenvalue weighted by molar-refractivity contribution is -0.119. The Balaban J connectivity index is 0.00000420. The van der Waals surface area contributed by atoms with Crippen LogP contribution in [0.5, 0.6) is 0 Å². The molecule has 0 unspecified atom stereocenters. The number of nitrogens with one attached hydrogen (secondary N) is 4. The van der Waals surface area contributed by atoms with Gasteiger partial charge in [-0.05, 0) is 43.2 Å². The average Bonchev–Trinajstić information content (AvgIpc) is 3.23. The fraction of sp³-hybridized carbons (Fsp3) is 0.350. The van der Waals surface area contributed by atoms with E-state index in [2.05, 4.69) is 26.3 Å². The zero-order valence-electron chi connectivity index (χ0n) is 16.7. The summed E-state index contributed by atoms with van der Waals surface area (Å²) in [6.07, 6.45) is 2.29. The first-order valence-electron chi connectivity index (χ1n) is 9.24. The van der Waals surface area contributed by atoms with Crippen LogP contribution >= 0.6 is 24.0 Å². The van der Waals surface area contributed by atoms with Gasteiger partial charge in [-0.1, -0.05) is 12.1 Å². The molecule has 158 valence electrons. The molecule has 2 rings (SSSR count). The van der Waals surface area contributed by atoms with Crippen molar-refractivity contribution in [3.8, 4) is 0 Å². The Morgan fingerprint density at radius 2 is 1.93 bits per heavy atom. The summed E-state index contributed by atoms with van der Waals surface area (Å²) in [5, 5.41) is 11.7. The summed E-state index contributed by atoms with van der Waals surface area (Å²) in [6.45, 7) is 3.62. The van der Waals surface area contributed by atoms with E-state index in [1.54, 1.807) is 31.5 Å². The molecule has 1 aromatic heterocycles. The van der Waals surface area contributed by atoms with Crippen LogP contribution in [0.3, 0.4) is 0 Å². The second-order valence-corrected chi connectivity index (χ2v) is 6.01. The van der Waals surface area contributed by atoms with Crippen LogP contribution in [0, 0.1) is 0 Å². The maximum Gasteiger partial charge on any atom is 0.251 e. The molecule has 0 saturated heterocycles. The molecule has 0 fully saturated rings. The van der Waals surface area contributed by atoms with E-state index in [1.165, 1.54) is 0 Å². The quantitative estimate of drug-likeness (QED) is 0.232. The monoisotopic (exact) mass is 513 g/mol. The van der Waals surface area contributed by atoms with Gasteiger partial charge in [0, 0.05) is 25.7 Å². The van der Waals surface area contributed by atoms with Crippen molar-refractivity contribution in [2.75, 3.05) is 26.7 Å². The molecule has 29 heavy (non-hydrogen) atoms. The zero-order valence-corrected chi connectivity index (χ0v) is 19.0. The van der Waals surface area contributed by atoms with E-state index in [-0.39, 0.29) is 42.3 Å². The number of carbonyl (C=O) groups is 2. The largest absolute Gasteiger partial charge is 0.467 e. The molecule has 2 aromatic rings. The lowest BCUT2D eigenvalue weighted by Crippen LogP contribution is -2.39. The minimum Gasteiger partial charge on any atom is -0.467 e. The maximum absolute atomic E-state index is 11.9. The number of carbonyl (C=O) groups excluding carboxylic acids is 2. The lowest BCUT2D eigenvalue weighted by atomic mass is 10.1. The van der Waals surface area contributed by atoms with Gasteiger partial charge in [0.05, 0.1) is 12.8 Å². The minimum absolute atomic E-state index is 0. The summed E-state index contributed by atoms with van der Waals surface area (Å²) < 4.78 is 5.17. The molecule has 0 aliphatic rings. The number of guanidine groups is 1. The van der Waals surface area contributed by atoms with E-state index in [4.69, 9.17) is 4.42 Å². The second kappa shape index (κ2) is 13.6. The number of halogens is 1. The third-order valence-corrected chi connectivity index (χ3v) is 3.89. The van der Waals surface area contributed by atoms with Crippen molar-refractivity contribution in [3.63, 3.8) is 0 Å². The van der Waals surface area contributed by atoms with Crippen LogP contribution in [0.25, 0.3) is 0 Å². The Bertz CT molecular complexity index is 793. The van der Waals surface area contributed by atoms with Gasteiger partial charge < -0.3 is 25.7 Å². The highest BCUT2D eigenvalue weighted by molar-refractivity contribution is 14.0. The normalized spacial score (nSPS) is 10.6. The number of hydrogen-bond donors (Lipinski definition) is 4. The van der Waals surface area contributed by atoms with Gasteiger partial charge in [-0.2, -0.15) is 0 Å². The van der Waals surface area contributed by atoms with Crippen molar-refractivity contribution in [3.05, 3.63) is 59.5 Å². The van der Waals surface area contributed by atoms with Gasteiger partial charge in [0.2, 0.25) is 5.91 Å². The van der Waals surface area contributed by atoms with Gasteiger partial charge in [-0.15, -0.1) is 24.0 Å². The Kier molecular flexibility index (Phi) is 11.5. The van der Waals surface area contributed by atoms with Crippen molar-refractivity contribution in [2.24, 2.45) is 4.99 Å². The van der Waals surface area contributed by atoms with Crippen molar-refractivity contribution in [1.29, 1.82) is 0 Å². The fourth-order valence-corrected chi connectivity index (χ4v) is 2.49. The first-order valence-corrected chi connectivity index (χ1v) is 9.24. The summed E-state index contributed by atoms with van der Waals surface area (Å²) >= 11 is 0. The van der Waals surface area contributed by atoms with Crippen LogP contribution in [-0.2, 0) is 17.8 Å². The standard InChI is InChI=1S/C20H27N5O3.HI/c1-3-22-20(25-14-18(26)24-13-17-8-5-11-28-17)23-10-9-15-6-4-7-16(12-15)19(27)21-2;/h4-8,11-12H,3,9-10,13-14H2,1-2H3,(H,21,27)(H,24,26)(H2,22,23,25);1H. The molecular weight excluding hydrogens is 485 g/mol. The third-order valence-electron chi connectivity index (χ3n) is 3.89. The van der Waals surface area contributed by atoms with Gasteiger partial charge >= 0.3 is 0 Å². The Morgan fingerprint density at radius 3 is 2.62 bits per heavy atom. The molecule has 9 heteroatoms. The molecule has 4 N–H and O–H groups in total. The van der Waals surface area contributed by atoms with E-state index < -0.39 is 0 Å². The summed E-state index contributed by atoms with van der Waals surface area (Å²) in [6, 6.07) is 11.1. The molecule has 1 aromatic carbocycles. The lowest BCUT2D eigenvalue weighted by Gasteiger charge is -2.11. The fourth-order valence-electron chi connectivity index (χ4n) is 2.49. The number of aliphatic imine (C=N–C) groups is 1. The highest BCUT2D eigenvalue weighted by Crippen LogP contribution is 2.05. The summed E-state index contributed by atoms with van der Waals surface area (Å²) in [5.41, 5.74) is 1.68. The van der Waals surface area contributed by atoms with Crippen LogP contribution < -0.4 is 21.3 Å². The first kappa shape index (κ1) is 24.5. The Labute approximate surface area is 187 Å². The molecule has 0 saturated carbocycles. The molecular formula is C20H28IN5O3. The number of rotatable bonds is 9. The summed E-state index contributed by atoms with van der Waals surface area (Å²) in [7, 11) is 1.61. The Hall–Kier alpha value is -2.56. The highest BCUT2D eigenvalue weighted by atomic mass is 127. The van der Waals surface area contributed by atoms with Gasteiger partial charge in [0.25, 0.3) is 5.91 Å². The Morgan fingerprint density at radius 1 is 1.10 bits per heavy atom. The first-order chi connectivity index (χ1) is 13.6. The molecule has 0 bridgehead atoms. The van der Waals surface area contributed by atoms with Gasteiger partial charge in [-0.25, -0.2) is 4.99 Å². The molecule has 0 spiro atoms. The third kappa shape index (κ3) is 8.99. The molecule has 0 atom stereocenters. The van der Waals surface area contributed by atoms with Crippen molar-refractivity contribution in [1.82, 2.24) is 21.3 Å². The van der Waals surface area contributed by atoms with Crippen LogP contribution in [-0.4, -0.2) is 44.5 Å². The molecule has 2 amide bonds. The number of hydrogen-bond acceptors (Lipinski definition) is 4. The predicted octanol–water partition coefficient (Wildman–Crippen LogP) is 1.67. The molecule has 0 radical (unpaired) electrons. The smallest absolute Gasteiger partial charge is 0.251 e. The van der Waals surface area contributed by atoms with Crippen molar-refractivity contribution >= 4 is 41.8 Å². The molecule has 0 aliphatic heterocycles. The van der Waals surface area contributed by atoms with Gasteiger partial charge in [0.1, 0.15) is 12.3 Å². The van der Waals surface area contributed by atoms with Gasteiger partial charge in [0.15, 0.2) is 5.96 Å². The van der Waals surface area contributed by atoms with E-state index in [1.807, 2.05) is 25.1 Å². The number of furan rings is 1. The van der Waals surface area contributed by atoms with Crippen LogP contribution in [0.2, 0.25) is 0 Å². The zero-order chi connectivity index (χ0) is 20.2. The second-order valence-electron chi connectivity index (χ2n) is 6.01. The molecule has 0 aliphatic carbocycles. The van der Waals surface area contributed by atoms with Crippen molar-refractivity contribution in [2.45, 2.75) is 19.9 Å². The maximum atomic E-state index is 11.9. The summed E-state index contributed by atoms with van der Waals surface area (Å²) in [4.78, 5) is 27.9.